The third-order valence-electron chi connectivity index (χ3n) is 3.38. The summed E-state index contributed by atoms with van der Waals surface area (Å²) in [6, 6.07) is 0. The van der Waals surface area contributed by atoms with Gasteiger partial charge in [-0.1, -0.05) is 0 Å². The van der Waals surface area contributed by atoms with Crippen molar-refractivity contribution in [1.82, 2.24) is 9.97 Å². The summed E-state index contributed by atoms with van der Waals surface area (Å²) in [5.41, 5.74) is 5.40. The minimum Gasteiger partial charge on any atom is -0.394 e. The van der Waals surface area contributed by atoms with E-state index in [4.69, 9.17) is 15.6 Å². The number of hydrogen-bond acceptors (Lipinski definition) is 8. The Hall–Kier alpha value is -1.68. The van der Waals surface area contributed by atoms with Crippen LogP contribution in [0.2, 0.25) is 0 Å². The standard InChI is InChI=1S/C11H18N4O5/c1-4-8(13-11(12)14-9(4)19)15(2)10-7(18)6(17)5(3-16)20-10/h5-7,10,16-18H,3H2,1-2H3,(H3,12,13,14,19)/t5-,6-,7-,10-/m1/s1. The minimum atomic E-state index is -1.24. The predicted molar refractivity (Wildman–Crippen MR) is 70.2 cm³/mol. The quantitative estimate of drug-likeness (QED) is 0.411. The topological polar surface area (TPSA) is 145 Å². The zero-order valence-corrected chi connectivity index (χ0v) is 11.1. The first-order chi connectivity index (χ1) is 9.36. The van der Waals surface area contributed by atoms with Gasteiger partial charge in [-0.3, -0.25) is 9.78 Å². The largest absolute Gasteiger partial charge is 0.394 e. The Morgan fingerprint density at radius 1 is 1.45 bits per heavy atom. The number of anilines is 2. The van der Waals surface area contributed by atoms with E-state index in [1.807, 2.05) is 0 Å². The Morgan fingerprint density at radius 3 is 2.65 bits per heavy atom. The number of rotatable bonds is 3. The third kappa shape index (κ3) is 2.36. The van der Waals surface area contributed by atoms with Crippen molar-refractivity contribution >= 4 is 11.8 Å². The number of nitrogens with zero attached hydrogens (tertiary/aromatic N) is 2. The Balaban J connectivity index is 2.33. The lowest BCUT2D eigenvalue weighted by Gasteiger charge is -2.28. The fourth-order valence-corrected chi connectivity index (χ4v) is 2.20. The van der Waals surface area contributed by atoms with E-state index in [0.717, 1.165) is 0 Å². The van der Waals surface area contributed by atoms with Crippen molar-refractivity contribution < 1.29 is 20.1 Å². The maximum Gasteiger partial charge on any atom is 0.257 e. The number of aromatic nitrogens is 2. The van der Waals surface area contributed by atoms with Crippen molar-refractivity contribution in [3.63, 3.8) is 0 Å². The van der Waals surface area contributed by atoms with Crippen LogP contribution in [-0.2, 0) is 4.74 Å². The van der Waals surface area contributed by atoms with E-state index in [0.29, 0.717) is 5.56 Å². The number of aliphatic hydroxyl groups excluding tert-OH is 3. The number of likely N-dealkylation sites (N-methyl/N-ethyl adjacent to an activating group) is 1. The maximum atomic E-state index is 11.7. The number of H-pyrrole nitrogens is 1. The summed E-state index contributed by atoms with van der Waals surface area (Å²) < 4.78 is 5.37. The molecule has 6 N–H and O–H groups in total. The van der Waals surface area contributed by atoms with Gasteiger partial charge in [0.25, 0.3) is 5.56 Å². The fraction of sp³-hybridized carbons (Fsp3) is 0.636. The van der Waals surface area contributed by atoms with E-state index < -0.39 is 36.7 Å². The van der Waals surface area contributed by atoms with Crippen molar-refractivity contribution in [2.75, 3.05) is 24.3 Å². The highest BCUT2D eigenvalue weighted by Crippen LogP contribution is 2.26. The zero-order valence-electron chi connectivity index (χ0n) is 11.1. The van der Waals surface area contributed by atoms with Crippen LogP contribution in [0.25, 0.3) is 0 Å². The van der Waals surface area contributed by atoms with E-state index >= 15 is 0 Å². The molecular formula is C11H18N4O5. The van der Waals surface area contributed by atoms with Crippen LogP contribution >= 0.6 is 0 Å². The van der Waals surface area contributed by atoms with E-state index in [9.17, 15) is 15.0 Å². The van der Waals surface area contributed by atoms with E-state index in [2.05, 4.69) is 9.97 Å². The average Bonchev–Trinajstić information content (AvgIpc) is 2.69. The molecule has 9 nitrogen and oxygen atoms in total. The molecule has 0 saturated carbocycles. The molecule has 9 heteroatoms. The molecule has 20 heavy (non-hydrogen) atoms. The number of hydrogen-bond donors (Lipinski definition) is 5. The van der Waals surface area contributed by atoms with Crippen LogP contribution in [0, 0.1) is 6.92 Å². The van der Waals surface area contributed by atoms with E-state index in [-0.39, 0.29) is 11.8 Å². The fourth-order valence-electron chi connectivity index (χ4n) is 2.20. The summed E-state index contributed by atoms with van der Waals surface area (Å²) in [7, 11) is 1.55. The molecule has 112 valence electrons. The molecule has 0 aromatic carbocycles. The second-order valence-corrected chi connectivity index (χ2v) is 4.74. The minimum absolute atomic E-state index is 0.0609. The second-order valence-electron chi connectivity index (χ2n) is 4.74. The highest BCUT2D eigenvalue weighted by molar-refractivity contribution is 5.48. The number of nitrogen functional groups attached to an aromatic ring is 1. The van der Waals surface area contributed by atoms with Crippen LogP contribution in [0.3, 0.4) is 0 Å². The number of nitrogens with two attached hydrogens (primary N) is 1. The summed E-state index contributed by atoms with van der Waals surface area (Å²) in [5, 5.41) is 28.7. The molecule has 0 unspecified atom stereocenters. The molecule has 0 bridgehead atoms. The predicted octanol–water partition coefficient (Wildman–Crippen LogP) is -2.46. The molecule has 1 saturated heterocycles. The Morgan fingerprint density at radius 2 is 2.10 bits per heavy atom. The van der Waals surface area contributed by atoms with Crippen LogP contribution in [0.5, 0.6) is 0 Å². The van der Waals surface area contributed by atoms with Gasteiger partial charge in [0.05, 0.1) is 12.2 Å². The third-order valence-corrected chi connectivity index (χ3v) is 3.38. The van der Waals surface area contributed by atoms with Crippen LogP contribution in [0.4, 0.5) is 11.8 Å². The molecule has 4 atom stereocenters. The number of nitrogens with one attached hydrogen (secondary N) is 1. The van der Waals surface area contributed by atoms with Crippen molar-refractivity contribution in [3.05, 3.63) is 15.9 Å². The second kappa shape index (κ2) is 5.37. The summed E-state index contributed by atoms with van der Waals surface area (Å²) in [6.45, 7) is 1.13. The lowest BCUT2D eigenvalue weighted by Crippen LogP contribution is -2.43. The lowest BCUT2D eigenvalue weighted by molar-refractivity contribution is -0.0214. The molecule has 0 aliphatic carbocycles. The molecule has 1 aromatic rings. The van der Waals surface area contributed by atoms with Gasteiger partial charge in [0.1, 0.15) is 24.1 Å². The summed E-state index contributed by atoms with van der Waals surface area (Å²) in [6.07, 6.45) is -4.28. The molecule has 0 spiro atoms. The highest BCUT2D eigenvalue weighted by Gasteiger charge is 2.45. The van der Waals surface area contributed by atoms with Crippen molar-refractivity contribution in [3.8, 4) is 0 Å². The van der Waals surface area contributed by atoms with Crippen molar-refractivity contribution in [2.24, 2.45) is 0 Å². The first kappa shape index (κ1) is 14.7. The lowest BCUT2D eigenvalue weighted by atomic mass is 10.1. The van der Waals surface area contributed by atoms with Crippen LogP contribution in [-0.4, -0.2) is 63.5 Å². The molecule has 1 fully saturated rings. The molecule has 1 aliphatic heterocycles. The monoisotopic (exact) mass is 286 g/mol. The van der Waals surface area contributed by atoms with Gasteiger partial charge in [0, 0.05) is 7.05 Å². The molecule has 1 aromatic heterocycles. The smallest absolute Gasteiger partial charge is 0.257 e. The average molecular weight is 286 g/mol. The van der Waals surface area contributed by atoms with Gasteiger partial charge < -0.3 is 30.7 Å². The van der Waals surface area contributed by atoms with Gasteiger partial charge in [-0.05, 0) is 6.92 Å². The molecule has 1 aliphatic rings. The van der Waals surface area contributed by atoms with Crippen LogP contribution < -0.4 is 16.2 Å². The Bertz CT molecular complexity index is 548. The van der Waals surface area contributed by atoms with Crippen molar-refractivity contribution in [2.45, 2.75) is 31.5 Å². The van der Waals surface area contributed by atoms with Gasteiger partial charge in [-0.15, -0.1) is 0 Å². The molecule has 2 rings (SSSR count). The zero-order chi connectivity index (χ0) is 15.0. The van der Waals surface area contributed by atoms with Crippen molar-refractivity contribution in [1.29, 1.82) is 0 Å². The Kier molecular flexibility index (Phi) is 3.95. The normalized spacial score (nSPS) is 29.6. The van der Waals surface area contributed by atoms with Gasteiger partial charge in [0.15, 0.2) is 6.23 Å². The van der Waals surface area contributed by atoms with Gasteiger partial charge in [-0.25, -0.2) is 0 Å². The number of aromatic amines is 1. The molecule has 2 heterocycles. The summed E-state index contributed by atoms with van der Waals surface area (Å²) in [4.78, 5) is 19.4. The molecule has 0 amide bonds. The van der Waals surface area contributed by atoms with Crippen LogP contribution in [0.1, 0.15) is 5.56 Å². The summed E-state index contributed by atoms with van der Waals surface area (Å²) >= 11 is 0. The Labute approximate surface area is 114 Å². The van der Waals surface area contributed by atoms with Crippen LogP contribution in [0.15, 0.2) is 4.79 Å². The first-order valence-corrected chi connectivity index (χ1v) is 6.08. The molecule has 0 radical (unpaired) electrons. The first-order valence-electron chi connectivity index (χ1n) is 6.08. The van der Waals surface area contributed by atoms with E-state index in [1.165, 1.54) is 4.90 Å². The summed E-state index contributed by atoms with van der Waals surface area (Å²) in [5.74, 6) is 0.176. The van der Waals surface area contributed by atoms with E-state index in [1.54, 1.807) is 14.0 Å². The number of ether oxygens (including phenoxy) is 1. The maximum absolute atomic E-state index is 11.7. The SMILES string of the molecule is Cc1c(N(C)[C@@H]2O[C@H](CO)[C@@H](O)[C@H]2O)nc(N)[nH]c1=O. The number of aliphatic hydroxyl groups is 3. The van der Waals surface area contributed by atoms with Gasteiger partial charge >= 0.3 is 0 Å². The molecular weight excluding hydrogens is 268 g/mol. The van der Waals surface area contributed by atoms with Gasteiger partial charge in [-0.2, -0.15) is 4.98 Å². The highest BCUT2D eigenvalue weighted by atomic mass is 16.6. The van der Waals surface area contributed by atoms with Gasteiger partial charge in [0.2, 0.25) is 5.95 Å².